The van der Waals surface area contributed by atoms with Gasteiger partial charge >= 0.3 is 5.97 Å². The number of aromatic nitrogens is 1. The number of nitro benzene ring substituents is 1. The third-order valence-electron chi connectivity index (χ3n) is 6.00. The fourth-order valence-corrected chi connectivity index (χ4v) is 5.37. The average molecular weight is 538 g/mol. The zero-order valence-electron chi connectivity index (χ0n) is 21.4. The number of methoxy groups -OCH3 is 2. The molecule has 0 radical (unpaired) electrons. The van der Waals surface area contributed by atoms with Crippen LogP contribution in [0.4, 0.5) is 5.69 Å². The second-order valence-corrected chi connectivity index (χ2v) is 9.38. The summed E-state index contributed by atoms with van der Waals surface area (Å²) in [6, 6.07) is 10.3. The maximum atomic E-state index is 13.9. The Kier molecular flexibility index (Phi) is 8.06. The van der Waals surface area contributed by atoms with E-state index in [0.29, 0.717) is 50.5 Å². The molecule has 11 heteroatoms. The van der Waals surface area contributed by atoms with Gasteiger partial charge in [-0.15, -0.1) is 0 Å². The van der Waals surface area contributed by atoms with Crippen LogP contribution in [-0.4, -0.2) is 36.3 Å². The predicted octanol–water partition coefficient (Wildman–Crippen LogP) is 3.50. The standard InChI is InChI=1S/C27H27N3O7S/c1-5-8-20-23(26(32)37-6-2)24(19-15-18(35-3)11-12-21(19)36-4)29-25(31)22(38-27(29)28-20)14-16-9-7-10-17(13-16)30(33)34/h7,9-15,24H,5-6,8H2,1-4H3/b22-14-/t24-/m1/s1. The van der Waals surface area contributed by atoms with Crippen molar-refractivity contribution < 1.29 is 23.9 Å². The van der Waals surface area contributed by atoms with Crippen molar-refractivity contribution in [1.82, 2.24) is 4.57 Å². The van der Waals surface area contributed by atoms with Gasteiger partial charge in [0.15, 0.2) is 4.80 Å². The lowest BCUT2D eigenvalue weighted by atomic mass is 9.93. The Morgan fingerprint density at radius 2 is 1.97 bits per heavy atom. The van der Waals surface area contributed by atoms with E-state index >= 15 is 0 Å². The molecule has 2 heterocycles. The number of nitrogens with zero attached hydrogens (tertiary/aromatic N) is 3. The number of allylic oxidation sites excluding steroid dienone is 1. The molecule has 10 nitrogen and oxygen atoms in total. The van der Waals surface area contributed by atoms with Gasteiger partial charge in [0.25, 0.3) is 11.2 Å². The van der Waals surface area contributed by atoms with Crippen molar-refractivity contribution in [2.75, 3.05) is 20.8 Å². The molecule has 0 saturated heterocycles. The van der Waals surface area contributed by atoms with Crippen molar-refractivity contribution in [3.8, 4) is 11.5 Å². The highest BCUT2D eigenvalue weighted by Crippen LogP contribution is 2.38. The van der Waals surface area contributed by atoms with Crippen molar-refractivity contribution in [3.05, 3.63) is 94.7 Å². The van der Waals surface area contributed by atoms with E-state index in [1.807, 2.05) is 6.92 Å². The lowest BCUT2D eigenvalue weighted by molar-refractivity contribution is -0.384. The van der Waals surface area contributed by atoms with Crippen LogP contribution in [0, 0.1) is 10.1 Å². The first-order valence-electron chi connectivity index (χ1n) is 12.0. The van der Waals surface area contributed by atoms with Crippen LogP contribution in [0.1, 0.15) is 43.9 Å². The van der Waals surface area contributed by atoms with Crippen molar-refractivity contribution in [3.63, 3.8) is 0 Å². The van der Waals surface area contributed by atoms with Crippen molar-refractivity contribution >= 4 is 29.1 Å². The minimum Gasteiger partial charge on any atom is -0.497 e. The van der Waals surface area contributed by atoms with Crippen molar-refractivity contribution in [2.45, 2.75) is 32.7 Å². The Hall–Kier alpha value is -4.25. The van der Waals surface area contributed by atoms with Crippen LogP contribution in [0.3, 0.4) is 0 Å². The maximum Gasteiger partial charge on any atom is 0.338 e. The van der Waals surface area contributed by atoms with Crippen molar-refractivity contribution in [2.24, 2.45) is 4.99 Å². The molecule has 0 spiro atoms. The van der Waals surface area contributed by atoms with Gasteiger partial charge in [0.1, 0.15) is 17.5 Å². The second kappa shape index (κ2) is 11.4. The minimum atomic E-state index is -0.885. The summed E-state index contributed by atoms with van der Waals surface area (Å²) < 4.78 is 18.3. The lowest BCUT2D eigenvalue weighted by Gasteiger charge is -2.27. The zero-order valence-corrected chi connectivity index (χ0v) is 22.2. The van der Waals surface area contributed by atoms with Crippen molar-refractivity contribution in [1.29, 1.82) is 0 Å². The molecule has 198 valence electrons. The molecular formula is C27H27N3O7S. The molecule has 1 atom stereocenters. The van der Waals surface area contributed by atoms with Crippen LogP contribution in [0.15, 0.2) is 63.5 Å². The van der Waals surface area contributed by atoms with Gasteiger partial charge in [-0.3, -0.25) is 19.5 Å². The van der Waals surface area contributed by atoms with E-state index in [1.165, 1.54) is 30.9 Å². The molecule has 0 N–H and O–H groups in total. The number of carbonyl (C=O) groups excluding carboxylic acids is 1. The van der Waals surface area contributed by atoms with Gasteiger partial charge in [-0.25, -0.2) is 9.79 Å². The Morgan fingerprint density at radius 1 is 1.18 bits per heavy atom. The molecule has 0 fully saturated rings. The van der Waals surface area contributed by atoms with Crippen LogP contribution < -0.4 is 24.4 Å². The van der Waals surface area contributed by atoms with Gasteiger partial charge in [-0.2, -0.15) is 0 Å². The number of non-ortho nitro benzene ring substituents is 1. The molecular weight excluding hydrogens is 510 g/mol. The number of benzene rings is 2. The fourth-order valence-electron chi connectivity index (χ4n) is 4.35. The smallest absolute Gasteiger partial charge is 0.338 e. The van der Waals surface area contributed by atoms with Gasteiger partial charge in [-0.05, 0) is 43.2 Å². The first-order chi connectivity index (χ1) is 18.3. The Labute approximate surface area is 222 Å². The molecule has 0 bridgehead atoms. The van der Waals surface area contributed by atoms with Gasteiger partial charge in [0.05, 0.1) is 41.6 Å². The summed E-state index contributed by atoms with van der Waals surface area (Å²) in [4.78, 5) is 43.1. The van der Waals surface area contributed by atoms with E-state index < -0.39 is 22.5 Å². The Morgan fingerprint density at radius 3 is 2.63 bits per heavy atom. The molecule has 0 unspecified atom stereocenters. The number of nitro groups is 1. The van der Waals surface area contributed by atoms with E-state index in [2.05, 4.69) is 0 Å². The number of ether oxygens (including phenoxy) is 3. The Balaban J connectivity index is 2.04. The highest BCUT2D eigenvalue weighted by Gasteiger charge is 2.36. The first-order valence-corrected chi connectivity index (χ1v) is 12.8. The van der Waals surface area contributed by atoms with E-state index in [0.717, 1.165) is 11.3 Å². The van der Waals surface area contributed by atoms with Crippen LogP contribution >= 0.6 is 11.3 Å². The molecule has 3 aromatic rings. The Bertz CT molecular complexity index is 1600. The topological polar surface area (TPSA) is 122 Å². The molecule has 0 aliphatic carbocycles. The number of carbonyl (C=O) groups is 1. The maximum absolute atomic E-state index is 13.9. The third-order valence-corrected chi connectivity index (χ3v) is 6.99. The molecule has 0 amide bonds. The summed E-state index contributed by atoms with van der Waals surface area (Å²) in [7, 11) is 3.04. The number of rotatable bonds is 9. The number of hydrogen-bond donors (Lipinski definition) is 0. The summed E-state index contributed by atoms with van der Waals surface area (Å²) in [6.45, 7) is 3.85. The first kappa shape index (κ1) is 26.8. The third kappa shape index (κ3) is 5.10. The highest BCUT2D eigenvalue weighted by atomic mass is 32.1. The number of thiazole rings is 1. The minimum absolute atomic E-state index is 0.0830. The summed E-state index contributed by atoms with van der Waals surface area (Å²) >= 11 is 1.15. The lowest BCUT2D eigenvalue weighted by Crippen LogP contribution is -2.40. The molecule has 1 aromatic heterocycles. The highest BCUT2D eigenvalue weighted by molar-refractivity contribution is 7.07. The predicted molar refractivity (Wildman–Crippen MR) is 142 cm³/mol. The van der Waals surface area contributed by atoms with E-state index in [-0.39, 0.29) is 17.9 Å². The van der Waals surface area contributed by atoms with E-state index in [9.17, 15) is 19.7 Å². The summed E-state index contributed by atoms with van der Waals surface area (Å²) in [5.41, 5.74) is 1.35. The SMILES string of the molecule is CCCC1=C(C(=O)OCC)[C@@H](c2cc(OC)ccc2OC)n2c(s/c(=C\c3cccc([N+](=O)[O-])c3)c2=O)=N1. The molecule has 0 saturated carbocycles. The zero-order chi connectivity index (χ0) is 27.4. The molecule has 1 aliphatic rings. The molecule has 4 rings (SSSR count). The van der Waals surface area contributed by atoms with Gasteiger partial charge in [0.2, 0.25) is 0 Å². The number of hydrogen-bond acceptors (Lipinski definition) is 9. The van der Waals surface area contributed by atoms with Gasteiger partial charge < -0.3 is 14.2 Å². The monoisotopic (exact) mass is 537 g/mol. The summed E-state index contributed by atoms with van der Waals surface area (Å²) in [5, 5.41) is 11.2. The summed E-state index contributed by atoms with van der Waals surface area (Å²) in [5.74, 6) is 0.419. The number of fused-ring (bicyclic) bond motifs is 1. The van der Waals surface area contributed by atoms with Gasteiger partial charge in [-0.1, -0.05) is 36.8 Å². The normalized spacial score (nSPS) is 15.1. The van der Waals surface area contributed by atoms with Crippen LogP contribution in [0.5, 0.6) is 11.5 Å². The van der Waals surface area contributed by atoms with Gasteiger partial charge in [0, 0.05) is 17.7 Å². The quantitative estimate of drug-likeness (QED) is 0.233. The number of esters is 1. The molecule has 1 aliphatic heterocycles. The van der Waals surface area contributed by atoms with Crippen LogP contribution in [-0.2, 0) is 9.53 Å². The fraction of sp³-hybridized carbons (Fsp3) is 0.296. The van der Waals surface area contributed by atoms with Crippen LogP contribution in [0.2, 0.25) is 0 Å². The summed E-state index contributed by atoms with van der Waals surface area (Å²) in [6.07, 6.45) is 2.79. The van der Waals surface area contributed by atoms with Crippen LogP contribution in [0.25, 0.3) is 6.08 Å². The van der Waals surface area contributed by atoms with E-state index in [4.69, 9.17) is 19.2 Å². The van der Waals surface area contributed by atoms with E-state index in [1.54, 1.807) is 43.3 Å². The molecule has 38 heavy (non-hydrogen) atoms. The second-order valence-electron chi connectivity index (χ2n) is 8.37. The molecule has 2 aromatic carbocycles. The largest absolute Gasteiger partial charge is 0.497 e. The average Bonchev–Trinajstić information content (AvgIpc) is 3.22.